The molecular weight excluding hydrogens is 256 g/mol. The van der Waals surface area contributed by atoms with Crippen molar-refractivity contribution in [3.63, 3.8) is 0 Å². The van der Waals surface area contributed by atoms with E-state index in [9.17, 15) is 15.2 Å². The molecule has 110 valence electrons. The SMILES string of the molecule is Cc1c(CNCC2(O)CCCCC2)cccc1[N+](=O)[O-]. The van der Waals surface area contributed by atoms with Gasteiger partial charge >= 0.3 is 0 Å². The van der Waals surface area contributed by atoms with E-state index in [1.807, 2.05) is 6.07 Å². The number of benzene rings is 1. The number of nitrogens with one attached hydrogen (secondary N) is 1. The molecule has 2 N–H and O–H groups in total. The highest BCUT2D eigenvalue weighted by atomic mass is 16.6. The second kappa shape index (κ2) is 6.33. The first-order valence-electron chi connectivity index (χ1n) is 7.18. The van der Waals surface area contributed by atoms with Crippen LogP contribution < -0.4 is 5.32 Å². The number of nitrogens with zero attached hydrogens (tertiary/aromatic N) is 1. The van der Waals surface area contributed by atoms with E-state index in [1.165, 1.54) is 12.5 Å². The molecule has 0 aromatic heterocycles. The summed E-state index contributed by atoms with van der Waals surface area (Å²) in [5, 5.41) is 24.5. The van der Waals surface area contributed by atoms with Gasteiger partial charge in [-0.1, -0.05) is 31.4 Å². The van der Waals surface area contributed by atoms with Gasteiger partial charge in [0.25, 0.3) is 5.69 Å². The van der Waals surface area contributed by atoms with Gasteiger partial charge in [-0.2, -0.15) is 0 Å². The van der Waals surface area contributed by atoms with Crippen LogP contribution in [0.5, 0.6) is 0 Å². The minimum absolute atomic E-state index is 0.153. The largest absolute Gasteiger partial charge is 0.389 e. The Kier molecular flexibility index (Phi) is 4.73. The third-order valence-electron chi connectivity index (χ3n) is 4.17. The summed E-state index contributed by atoms with van der Waals surface area (Å²) in [5.41, 5.74) is 1.16. The number of nitro benzene ring substituents is 1. The zero-order valence-corrected chi connectivity index (χ0v) is 11.9. The lowest BCUT2D eigenvalue weighted by molar-refractivity contribution is -0.385. The Morgan fingerprint density at radius 1 is 1.35 bits per heavy atom. The van der Waals surface area contributed by atoms with Gasteiger partial charge < -0.3 is 10.4 Å². The summed E-state index contributed by atoms with van der Waals surface area (Å²) < 4.78 is 0. The number of rotatable bonds is 5. The maximum Gasteiger partial charge on any atom is 0.272 e. The Bertz CT molecular complexity index is 482. The van der Waals surface area contributed by atoms with E-state index in [1.54, 1.807) is 13.0 Å². The standard InChI is InChI=1S/C15H22N2O3/c1-12-13(6-5-7-14(12)17(19)20)10-16-11-15(18)8-3-2-4-9-15/h5-7,16,18H,2-4,8-11H2,1H3. The van der Waals surface area contributed by atoms with Crippen LogP contribution in [0.3, 0.4) is 0 Å². The second-order valence-electron chi connectivity index (χ2n) is 5.71. The first-order chi connectivity index (χ1) is 9.52. The molecule has 5 heteroatoms. The predicted molar refractivity (Wildman–Crippen MR) is 77.6 cm³/mol. The fourth-order valence-electron chi connectivity index (χ4n) is 2.88. The van der Waals surface area contributed by atoms with Gasteiger partial charge in [0.2, 0.25) is 0 Å². The van der Waals surface area contributed by atoms with Gasteiger partial charge in [-0.15, -0.1) is 0 Å². The molecule has 2 rings (SSSR count). The van der Waals surface area contributed by atoms with Crippen molar-refractivity contribution in [3.05, 3.63) is 39.4 Å². The number of hydrogen-bond acceptors (Lipinski definition) is 4. The summed E-state index contributed by atoms with van der Waals surface area (Å²) in [7, 11) is 0. The van der Waals surface area contributed by atoms with Crippen LogP contribution in [0.4, 0.5) is 5.69 Å². The lowest BCUT2D eigenvalue weighted by Crippen LogP contribution is -2.41. The van der Waals surface area contributed by atoms with Gasteiger partial charge in [0.05, 0.1) is 10.5 Å². The highest BCUT2D eigenvalue weighted by Crippen LogP contribution is 2.27. The highest BCUT2D eigenvalue weighted by Gasteiger charge is 2.28. The Hall–Kier alpha value is -1.46. The topological polar surface area (TPSA) is 75.4 Å². The van der Waals surface area contributed by atoms with Crippen molar-refractivity contribution in [1.29, 1.82) is 0 Å². The van der Waals surface area contributed by atoms with E-state index in [-0.39, 0.29) is 10.6 Å². The van der Waals surface area contributed by atoms with Gasteiger partial charge in [-0.3, -0.25) is 10.1 Å². The molecule has 0 heterocycles. The lowest BCUT2D eigenvalue weighted by atomic mass is 9.85. The second-order valence-corrected chi connectivity index (χ2v) is 5.71. The first kappa shape index (κ1) is 14.9. The van der Waals surface area contributed by atoms with Crippen molar-refractivity contribution >= 4 is 5.69 Å². The number of aliphatic hydroxyl groups is 1. The summed E-state index contributed by atoms with van der Waals surface area (Å²) in [6.45, 7) is 2.87. The molecule has 0 saturated heterocycles. The molecule has 0 aliphatic heterocycles. The molecule has 0 unspecified atom stereocenters. The highest BCUT2D eigenvalue weighted by molar-refractivity contribution is 5.44. The molecule has 1 aromatic carbocycles. The van der Waals surface area contributed by atoms with E-state index in [0.717, 1.165) is 31.2 Å². The van der Waals surface area contributed by atoms with E-state index in [2.05, 4.69) is 5.32 Å². The van der Waals surface area contributed by atoms with E-state index < -0.39 is 5.60 Å². The summed E-state index contributed by atoms with van der Waals surface area (Å²) >= 11 is 0. The molecule has 1 aliphatic carbocycles. The first-order valence-corrected chi connectivity index (χ1v) is 7.18. The minimum atomic E-state index is -0.604. The fraction of sp³-hybridized carbons (Fsp3) is 0.600. The lowest BCUT2D eigenvalue weighted by Gasteiger charge is -2.32. The smallest absolute Gasteiger partial charge is 0.272 e. The van der Waals surface area contributed by atoms with Crippen LogP contribution in [0.25, 0.3) is 0 Å². The summed E-state index contributed by atoms with van der Waals surface area (Å²) in [4.78, 5) is 10.5. The molecule has 1 fully saturated rings. The van der Waals surface area contributed by atoms with Crippen molar-refractivity contribution in [3.8, 4) is 0 Å². The summed E-state index contributed by atoms with van der Waals surface area (Å²) in [6.07, 6.45) is 5.04. The van der Waals surface area contributed by atoms with Gasteiger partial charge in [-0.25, -0.2) is 0 Å². The Morgan fingerprint density at radius 2 is 2.05 bits per heavy atom. The van der Waals surface area contributed by atoms with Gasteiger partial charge in [0, 0.05) is 24.7 Å². The van der Waals surface area contributed by atoms with Crippen molar-refractivity contribution < 1.29 is 10.0 Å². The van der Waals surface area contributed by atoms with Crippen molar-refractivity contribution in [2.75, 3.05) is 6.54 Å². The predicted octanol–water partition coefficient (Wildman–Crippen LogP) is 2.69. The maximum absolute atomic E-state index is 10.9. The van der Waals surface area contributed by atoms with E-state index >= 15 is 0 Å². The average molecular weight is 278 g/mol. The minimum Gasteiger partial charge on any atom is -0.389 e. The van der Waals surface area contributed by atoms with Gasteiger partial charge in [0.15, 0.2) is 0 Å². The average Bonchev–Trinajstić information content (AvgIpc) is 2.41. The van der Waals surface area contributed by atoms with Crippen LogP contribution in [0, 0.1) is 17.0 Å². The fourth-order valence-corrected chi connectivity index (χ4v) is 2.88. The molecule has 1 aromatic rings. The summed E-state index contributed by atoms with van der Waals surface area (Å²) in [5.74, 6) is 0. The van der Waals surface area contributed by atoms with Gasteiger partial charge in [-0.05, 0) is 25.3 Å². The molecule has 0 radical (unpaired) electrons. The van der Waals surface area contributed by atoms with Crippen molar-refractivity contribution in [2.24, 2.45) is 0 Å². The number of nitro groups is 1. The van der Waals surface area contributed by atoms with Crippen LogP contribution in [-0.4, -0.2) is 22.2 Å². The quantitative estimate of drug-likeness (QED) is 0.641. The van der Waals surface area contributed by atoms with Crippen LogP contribution in [-0.2, 0) is 6.54 Å². The molecule has 1 aliphatic rings. The Labute approximate surface area is 119 Å². The van der Waals surface area contributed by atoms with Crippen molar-refractivity contribution in [2.45, 2.75) is 51.2 Å². The van der Waals surface area contributed by atoms with E-state index in [0.29, 0.717) is 18.7 Å². The normalized spacial score (nSPS) is 17.9. The maximum atomic E-state index is 10.9. The number of hydrogen-bond donors (Lipinski definition) is 2. The van der Waals surface area contributed by atoms with Crippen LogP contribution in [0.1, 0.15) is 43.2 Å². The third kappa shape index (κ3) is 3.55. The third-order valence-corrected chi connectivity index (χ3v) is 4.17. The molecule has 20 heavy (non-hydrogen) atoms. The zero-order valence-electron chi connectivity index (χ0n) is 11.9. The molecule has 0 amide bonds. The molecule has 1 saturated carbocycles. The van der Waals surface area contributed by atoms with E-state index in [4.69, 9.17) is 0 Å². The zero-order chi connectivity index (χ0) is 14.6. The molecule has 5 nitrogen and oxygen atoms in total. The van der Waals surface area contributed by atoms with Gasteiger partial charge in [0.1, 0.15) is 0 Å². The molecule has 0 bridgehead atoms. The molecule has 0 spiro atoms. The van der Waals surface area contributed by atoms with Crippen LogP contribution in [0.15, 0.2) is 18.2 Å². The van der Waals surface area contributed by atoms with Crippen molar-refractivity contribution in [1.82, 2.24) is 5.32 Å². The Morgan fingerprint density at radius 3 is 2.70 bits per heavy atom. The summed E-state index contributed by atoms with van der Waals surface area (Å²) in [6, 6.07) is 5.12. The van der Waals surface area contributed by atoms with Crippen LogP contribution >= 0.6 is 0 Å². The molecule has 0 atom stereocenters. The van der Waals surface area contributed by atoms with Crippen LogP contribution in [0.2, 0.25) is 0 Å². The Balaban J connectivity index is 1.94. The molecular formula is C15H22N2O3. The monoisotopic (exact) mass is 278 g/mol.